The molecule has 0 N–H and O–H groups in total. The largest absolute Gasteiger partial charge is 0.113 e. The highest BCUT2D eigenvalue weighted by Crippen LogP contribution is 2.30. The minimum atomic E-state index is -0.105. The molecule has 1 atom stereocenters. The van der Waals surface area contributed by atoms with E-state index in [9.17, 15) is 0 Å². The summed E-state index contributed by atoms with van der Waals surface area (Å²) < 4.78 is 1.22. The first-order valence-electron chi connectivity index (χ1n) is 6.79. The van der Waals surface area contributed by atoms with Crippen LogP contribution < -0.4 is 0 Å². The first-order chi connectivity index (χ1) is 10.2. The molecule has 0 amide bonds. The molecule has 3 aromatic rings. The SMILES string of the molecule is ClC(c1ccc(I)cc1)c1ccc(-c2ccccc2)cc1. The zero-order chi connectivity index (χ0) is 14.7. The van der Waals surface area contributed by atoms with Crippen LogP contribution in [0.4, 0.5) is 0 Å². The van der Waals surface area contributed by atoms with Gasteiger partial charge in [0.2, 0.25) is 0 Å². The first kappa shape index (κ1) is 14.6. The fourth-order valence-electron chi connectivity index (χ4n) is 2.30. The second kappa shape index (κ2) is 6.63. The highest BCUT2D eigenvalue weighted by Gasteiger charge is 2.10. The van der Waals surface area contributed by atoms with Crippen molar-refractivity contribution in [2.45, 2.75) is 5.38 Å². The van der Waals surface area contributed by atoms with E-state index in [0.717, 1.165) is 11.1 Å². The van der Waals surface area contributed by atoms with Crippen molar-refractivity contribution < 1.29 is 0 Å². The van der Waals surface area contributed by atoms with Gasteiger partial charge in [0, 0.05) is 3.57 Å². The van der Waals surface area contributed by atoms with Gasteiger partial charge in [-0.2, -0.15) is 0 Å². The van der Waals surface area contributed by atoms with Crippen molar-refractivity contribution in [3.8, 4) is 11.1 Å². The Morgan fingerprint density at radius 2 is 1.10 bits per heavy atom. The van der Waals surface area contributed by atoms with Gasteiger partial charge in [0.1, 0.15) is 0 Å². The lowest BCUT2D eigenvalue weighted by atomic mass is 10.00. The smallest absolute Gasteiger partial charge is 0.0835 e. The van der Waals surface area contributed by atoms with E-state index in [1.54, 1.807) is 0 Å². The van der Waals surface area contributed by atoms with Crippen molar-refractivity contribution in [2.24, 2.45) is 0 Å². The average Bonchev–Trinajstić information content (AvgIpc) is 2.56. The summed E-state index contributed by atoms with van der Waals surface area (Å²) in [5.74, 6) is 0. The fraction of sp³-hybridized carbons (Fsp3) is 0.0526. The summed E-state index contributed by atoms with van der Waals surface area (Å²) in [7, 11) is 0. The monoisotopic (exact) mass is 404 g/mol. The van der Waals surface area contributed by atoms with Gasteiger partial charge in [-0.05, 0) is 57.0 Å². The molecule has 3 rings (SSSR count). The summed E-state index contributed by atoms with van der Waals surface area (Å²) >= 11 is 8.88. The number of halogens is 2. The molecule has 21 heavy (non-hydrogen) atoms. The van der Waals surface area contributed by atoms with Crippen molar-refractivity contribution in [3.63, 3.8) is 0 Å². The number of benzene rings is 3. The average molecular weight is 405 g/mol. The maximum Gasteiger partial charge on any atom is 0.0835 e. The molecule has 0 bridgehead atoms. The second-order valence-corrected chi connectivity index (χ2v) is 6.58. The minimum Gasteiger partial charge on any atom is -0.113 e. The van der Waals surface area contributed by atoms with Gasteiger partial charge < -0.3 is 0 Å². The Labute approximate surface area is 143 Å². The number of hydrogen-bond donors (Lipinski definition) is 0. The summed E-state index contributed by atoms with van der Waals surface area (Å²) in [6.07, 6.45) is 0. The molecule has 0 aliphatic carbocycles. The topological polar surface area (TPSA) is 0 Å². The van der Waals surface area contributed by atoms with Crippen molar-refractivity contribution in [3.05, 3.63) is 93.6 Å². The van der Waals surface area contributed by atoms with Gasteiger partial charge in [0.15, 0.2) is 0 Å². The molecule has 0 spiro atoms. The van der Waals surface area contributed by atoms with Gasteiger partial charge in [0.05, 0.1) is 5.38 Å². The van der Waals surface area contributed by atoms with Crippen molar-refractivity contribution in [1.29, 1.82) is 0 Å². The van der Waals surface area contributed by atoms with E-state index in [0.29, 0.717) is 0 Å². The van der Waals surface area contributed by atoms with Crippen LogP contribution in [-0.4, -0.2) is 0 Å². The molecule has 0 heterocycles. The lowest BCUT2D eigenvalue weighted by molar-refractivity contribution is 1.14. The maximum atomic E-state index is 6.58. The Hall–Kier alpha value is -1.32. The Bertz CT molecular complexity index is 703. The van der Waals surface area contributed by atoms with E-state index in [1.165, 1.54) is 14.7 Å². The molecule has 0 aromatic heterocycles. The fourth-order valence-corrected chi connectivity index (χ4v) is 2.95. The van der Waals surface area contributed by atoms with Gasteiger partial charge in [0.25, 0.3) is 0 Å². The quantitative estimate of drug-likeness (QED) is 0.356. The van der Waals surface area contributed by atoms with Gasteiger partial charge >= 0.3 is 0 Å². The molecule has 0 fully saturated rings. The molecule has 2 heteroatoms. The lowest BCUT2D eigenvalue weighted by Crippen LogP contribution is -1.93. The van der Waals surface area contributed by atoms with E-state index in [-0.39, 0.29) is 5.38 Å². The Morgan fingerprint density at radius 1 is 0.619 bits per heavy atom. The predicted molar refractivity (Wildman–Crippen MR) is 98.7 cm³/mol. The van der Waals surface area contributed by atoms with Crippen LogP contribution in [0.3, 0.4) is 0 Å². The third-order valence-electron chi connectivity index (χ3n) is 3.47. The van der Waals surface area contributed by atoms with Crippen LogP contribution in [0.5, 0.6) is 0 Å². The highest BCUT2D eigenvalue weighted by molar-refractivity contribution is 14.1. The first-order valence-corrected chi connectivity index (χ1v) is 8.30. The normalized spacial score (nSPS) is 12.1. The summed E-state index contributed by atoms with van der Waals surface area (Å²) in [4.78, 5) is 0. The highest BCUT2D eigenvalue weighted by atomic mass is 127. The standard InChI is InChI=1S/C19H14ClI/c20-19(17-10-12-18(21)13-11-17)16-8-6-15(7-9-16)14-4-2-1-3-5-14/h1-13,19H. The maximum absolute atomic E-state index is 6.58. The Kier molecular flexibility index (Phi) is 4.61. The van der Waals surface area contributed by atoms with Crippen LogP contribution in [0.1, 0.15) is 16.5 Å². The number of alkyl halides is 1. The van der Waals surface area contributed by atoms with Crippen molar-refractivity contribution in [1.82, 2.24) is 0 Å². The Balaban J connectivity index is 1.85. The van der Waals surface area contributed by atoms with Crippen LogP contribution in [0.2, 0.25) is 0 Å². The summed E-state index contributed by atoms with van der Waals surface area (Å²) in [6, 6.07) is 27.2. The number of rotatable bonds is 3. The van der Waals surface area contributed by atoms with Crippen LogP contribution in [0.25, 0.3) is 11.1 Å². The molecule has 104 valence electrons. The predicted octanol–water partition coefficient (Wildman–Crippen LogP) is 6.29. The minimum absolute atomic E-state index is 0.105. The van der Waals surface area contributed by atoms with Gasteiger partial charge in [-0.1, -0.05) is 66.7 Å². The van der Waals surface area contributed by atoms with E-state index in [2.05, 4.69) is 95.4 Å². The van der Waals surface area contributed by atoms with Crippen molar-refractivity contribution in [2.75, 3.05) is 0 Å². The molecule has 0 nitrogen and oxygen atoms in total. The zero-order valence-corrected chi connectivity index (χ0v) is 14.3. The summed E-state index contributed by atoms with van der Waals surface area (Å²) in [5, 5.41) is -0.105. The molecule has 0 saturated heterocycles. The van der Waals surface area contributed by atoms with E-state index in [4.69, 9.17) is 11.6 Å². The van der Waals surface area contributed by atoms with Gasteiger partial charge in [-0.3, -0.25) is 0 Å². The van der Waals surface area contributed by atoms with Gasteiger partial charge in [-0.15, -0.1) is 11.6 Å². The molecular weight excluding hydrogens is 391 g/mol. The van der Waals surface area contributed by atoms with Crippen molar-refractivity contribution >= 4 is 34.2 Å². The number of hydrogen-bond acceptors (Lipinski definition) is 0. The van der Waals surface area contributed by atoms with Crippen LogP contribution in [0.15, 0.2) is 78.9 Å². The van der Waals surface area contributed by atoms with E-state index >= 15 is 0 Å². The van der Waals surface area contributed by atoms with Crippen LogP contribution >= 0.6 is 34.2 Å². The van der Waals surface area contributed by atoms with Gasteiger partial charge in [-0.25, -0.2) is 0 Å². The van der Waals surface area contributed by atoms with E-state index < -0.39 is 0 Å². The third-order valence-corrected chi connectivity index (χ3v) is 4.70. The molecule has 0 radical (unpaired) electrons. The molecule has 1 unspecified atom stereocenters. The molecular formula is C19H14ClI. The molecule has 3 aromatic carbocycles. The summed E-state index contributed by atoms with van der Waals surface area (Å²) in [5.41, 5.74) is 4.69. The molecule has 0 aliphatic rings. The van der Waals surface area contributed by atoms with Crippen LogP contribution in [0, 0.1) is 3.57 Å². The summed E-state index contributed by atoms with van der Waals surface area (Å²) in [6.45, 7) is 0. The molecule has 0 aliphatic heterocycles. The van der Waals surface area contributed by atoms with Crippen LogP contribution in [-0.2, 0) is 0 Å². The zero-order valence-electron chi connectivity index (χ0n) is 11.3. The van der Waals surface area contributed by atoms with E-state index in [1.807, 2.05) is 6.07 Å². The molecule has 0 saturated carbocycles. The second-order valence-electron chi connectivity index (χ2n) is 4.90. The third kappa shape index (κ3) is 3.47. The lowest BCUT2D eigenvalue weighted by Gasteiger charge is -2.11. The Morgan fingerprint density at radius 3 is 1.67 bits per heavy atom.